The molecule has 0 bridgehead atoms. The Morgan fingerprint density at radius 1 is 1.00 bits per heavy atom. The van der Waals surface area contributed by atoms with Crippen LogP contribution in [0, 0.1) is 0 Å². The third-order valence-corrected chi connectivity index (χ3v) is 0. The molecular weight excluding hydrogens is 484 g/mol. The predicted octanol–water partition coefficient (Wildman–Crippen LogP) is -2.49. The molecule has 0 aromatic carbocycles. The van der Waals surface area contributed by atoms with E-state index in [-0.39, 0.29) is 112 Å². The van der Waals surface area contributed by atoms with Gasteiger partial charge in [-0.1, -0.05) is 0 Å². The fourth-order valence-corrected chi connectivity index (χ4v) is 0. The van der Waals surface area contributed by atoms with Gasteiger partial charge in [0.15, 0.2) is 0 Å². The minimum absolute atomic E-state index is 0. The maximum Gasteiger partial charge on any atom is 0 e. The van der Waals surface area contributed by atoms with Crippen molar-refractivity contribution in [3.63, 3.8) is 0 Å². The predicted molar refractivity (Wildman–Crippen MR) is 20.6 cm³/mol. The number of rotatable bonds is 0. The van der Waals surface area contributed by atoms with Gasteiger partial charge in [0, 0.05) is 41.9 Å². The molecule has 1 radical (unpaired) electrons. The summed E-state index contributed by atoms with van der Waals surface area (Å²) < 4.78 is 8.38. The van der Waals surface area contributed by atoms with Crippen LogP contribution in [0.1, 0.15) is 0 Å². The molecule has 0 aromatic heterocycles. The molecule has 0 aliphatic carbocycles. The van der Waals surface area contributed by atoms with E-state index in [9.17, 15) is 0 Å². The minimum Gasteiger partial charge on any atom is 0 e. The van der Waals surface area contributed by atoms with Gasteiger partial charge in [0.1, 0.15) is 0 Å². The second-order valence-corrected chi connectivity index (χ2v) is 0. The first kappa shape index (κ1) is 33.8. The zero-order chi connectivity index (χ0) is 2.00. The molecule has 6 heavy (non-hydrogen) atoms. The van der Waals surface area contributed by atoms with Gasteiger partial charge in [0.2, 0.25) is 0 Å². The molecule has 0 saturated carbocycles. The van der Waals surface area contributed by atoms with Gasteiger partial charge in [-0.2, -0.15) is 0 Å². The van der Waals surface area contributed by atoms with E-state index >= 15 is 0 Å². The topological polar surface area (TPSA) is 17.1 Å². The summed E-state index contributed by atoms with van der Waals surface area (Å²) in [6, 6.07) is 0. The van der Waals surface area contributed by atoms with E-state index in [1.165, 1.54) is 0 Å². The minimum atomic E-state index is 0. The SMILES string of the molecule is [Ag].[InH3].[InH3].[O]=[Zn].[Zn]. The zero-order valence-corrected chi connectivity index (χ0v) is 9.54. The summed E-state index contributed by atoms with van der Waals surface area (Å²) in [5.74, 6) is 0. The van der Waals surface area contributed by atoms with E-state index in [0.717, 1.165) is 0 Å². The summed E-state index contributed by atoms with van der Waals surface area (Å²) in [7, 11) is 0. The second kappa shape index (κ2) is 38.8. The Morgan fingerprint density at radius 3 is 1.00 bits per heavy atom. The van der Waals surface area contributed by atoms with Crippen molar-refractivity contribution in [2.45, 2.75) is 0 Å². The Bertz CT molecular complexity index is 11.5. The number of hydrogen-bond donors (Lipinski definition) is 0. The van der Waals surface area contributed by atoms with E-state index in [4.69, 9.17) is 3.57 Å². The standard InChI is InChI=1S/Ag.2In.O.2Zn.6H. The second-order valence-electron chi connectivity index (χ2n) is 0. The molecule has 0 spiro atoms. The summed E-state index contributed by atoms with van der Waals surface area (Å²) in [6.45, 7) is 0. The molecular formula is H6AgIn2OZn2. The van der Waals surface area contributed by atoms with Crippen molar-refractivity contribution in [1.82, 2.24) is 0 Å². The molecule has 6 heteroatoms. The third kappa shape index (κ3) is 25.8. The summed E-state index contributed by atoms with van der Waals surface area (Å²) in [5.41, 5.74) is 0. The molecule has 0 aliphatic rings. The molecule has 1 nitrogen and oxygen atoms in total. The first-order chi connectivity index (χ1) is 1.00. The van der Waals surface area contributed by atoms with Crippen molar-refractivity contribution in [3.8, 4) is 0 Å². The smallest absolute Gasteiger partial charge is 0 e. The Hall–Kier alpha value is 3.53. The Morgan fingerprint density at radius 2 is 1.00 bits per heavy atom. The van der Waals surface area contributed by atoms with E-state index in [2.05, 4.69) is 0 Å². The fourth-order valence-electron chi connectivity index (χ4n) is 0. The molecule has 0 aliphatic heterocycles. The molecule has 0 amide bonds. The van der Waals surface area contributed by atoms with Crippen molar-refractivity contribution in [1.29, 1.82) is 0 Å². The molecule has 0 heterocycles. The van der Waals surface area contributed by atoms with Crippen LogP contribution in [0.15, 0.2) is 0 Å². The van der Waals surface area contributed by atoms with Crippen LogP contribution < -0.4 is 0 Å². The van der Waals surface area contributed by atoms with Crippen molar-refractivity contribution in [3.05, 3.63) is 0 Å². The van der Waals surface area contributed by atoms with Crippen LogP contribution >= 0.6 is 0 Å². The maximum atomic E-state index is 8.38. The first-order valence-electron chi connectivity index (χ1n) is 0.289. The monoisotopic (exact) mass is 487 g/mol. The van der Waals surface area contributed by atoms with Gasteiger partial charge >= 0.3 is 73.5 Å². The maximum absolute atomic E-state index is 8.38. The largest absolute Gasteiger partial charge is 0 e. The van der Waals surface area contributed by atoms with Gasteiger partial charge in [-0.25, -0.2) is 0 Å². The zero-order valence-electron chi connectivity index (χ0n) is 2.12. The van der Waals surface area contributed by atoms with Gasteiger partial charge in [0.25, 0.3) is 0 Å². The molecule has 0 rings (SSSR count). The van der Waals surface area contributed by atoms with Crippen LogP contribution in [-0.2, 0) is 63.7 Å². The van der Waals surface area contributed by atoms with Crippen LogP contribution in [0.5, 0.6) is 0 Å². The fraction of sp³-hybridized carbons (Fsp3) is 0. The van der Waals surface area contributed by atoms with Crippen molar-refractivity contribution < 1.29 is 63.7 Å². The van der Waals surface area contributed by atoms with Crippen LogP contribution in [0.4, 0.5) is 0 Å². The summed E-state index contributed by atoms with van der Waals surface area (Å²) in [6.07, 6.45) is 0. The van der Waals surface area contributed by atoms with Gasteiger partial charge in [-0.15, -0.1) is 0 Å². The first-order valence-corrected chi connectivity index (χ1v) is 1.50. The Labute approximate surface area is 113 Å². The number of hydrogen-bond acceptors (Lipinski definition) is 1. The molecule has 0 atom stereocenters. The van der Waals surface area contributed by atoms with Gasteiger partial charge in [-0.05, 0) is 0 Å². The Balaban J connectivity index is -0.000000000833. The van der Waals surface area contributed by atoms with E-state index in [1.54, 1.807) is 0 Å². The average molecular weight is 490 g/mol. The van der Waals surface area contributed by atoms with Gasteiger partial charge in [-0.3, -0.25) is 0 Å². The summed E-state index contributed by atoms with van der Waals surface area (Å²) in [4.78, 5) is 0. The summed E-state index contributed by atoms with van der Waals surface area (Å²) in [5, 5.41) is 0. The van der Waals surface area contributed by atoms with Gasteiger partial charge in [0.05, 0.1) is 0 Å². The van der Waals surface area contributed by atoms with Crippen molar-refractivity contribution in [2.75, 3.05) is 0 Å². The quantitative estimate of drug-likeness (QED) is 0.344. The van der Waals surface area contributed by atoms with Crippen LogP contribution in [0.3, 0.4) is 0 Å². The van der Waals surface area contributed by atoms with Crippen LogP contribution in [0.2, 0.25) is 0 Å². The molecule has 0 saturated heterocycles. The van der Waals surface area contributed by atoms with Crippen LogP contribution in [0.25, 0.3) is 0 Å². The Kier molecular flexibility index (Phi) is 219. The molecule has 0 N–H and O–H groups in total. The molecule has 0 aromatic rings. The molecule has 33 valence electrons. The summed E-state index contributed by atoms with van der Waals surface area (Å²) >= 11 is 0.125. The van der Waals surface area contributed by atoms with Crippen molar-refractivity contribution in [2.24, 2.45) is 0 Å². The average Bonchev–Trinajstić information content (AvgIpc) is 1.00. The van der Waals surface area contributed by atoms with E-state index in [0.29, 0.717) is 0 Å². The van der Waals surface area contributed by atoms with E-state index in [1.807, 2.05) is 0 Å². The molecule has 0 unspecified atom stereocenters. The van der Waals surface area contributed by atoms with E-state index < -0.39 is 0 Å². The van der Waals surface area contributed by atoms with Gasteiger partial charge < -0.3 is 0 Å². The van der Waals surface area contributed by atoms with Crippen LogP contribution in [-0.4, -0.2) is 51.7 Å². The normalized spacial score (nSPS) is 1.00. The third-order valence-electron chi connectivity index (χ3n) is 0. The van der Waals surface area contributed by atoms with Crippen molar-refractivity contribution >= 4 is 51.7 Å². The molecule has 0 fully saturated rings.